The Hall–Kier alpha value is -1.13. The van der Waals surface area contributed by atoms with Gasteiger partial charge in [0.15, 0.2) is 0 Å². The van der Waals surface area contributed by atoms with Crippen LogP contribution in [0.3, 0.4) is 0 Å². The lowest BCUT2D eigenvalue weighted by Crippen LogP contribution is -2.13. The highest BCUT2D eigenvalue weighted by Gasteiger charge is 2.24. The molecule has 0 aliphatic carbocycles. The standard InChI is InChI=1S/C13H16F2NP/c1-4-5-8-17-12-9-10(13(2,14)15)6-7-11(12)16-3/h1,6-7,9,16-17H,5,8H2,2-3H3. The molecule has 0 bridgehead atoms. The van der Waals surface area contributed by atoms with E-state index in [0.29, 0.717) is 15.0 Å². The number of rotatable bonds is 5. The van der Waals surface area contributed by atoms with E-state index in [-0.39, 0.29) is 5.56 Å². The van der Waals surface area contributed by atoms with Crippen LogP contribution < -0.4 is 10.6 Å². The van der Waals surface area contributed by atoms with Crippen molar-refractivity contribution in [2.24, 2.45) is 0 Å². The van der Waals surface area contributed by atoms with E-state index in [0.717, 1.165) is 24.1 Å². The molecular formula is C13H16F2NP. The molecule has 0 saturated carbocycles. The molecule has 0 spiro atoms. The Morgan fingerprint density at radius 2 is 2.18 bits per heavy atom. The van der Waals surface area contributed by atoms with Crippen LogP contribution in [0, 0.1) is 12.3 Å². The molecule has 1 rings (SSSR count). The molecular weight excluding hydrogens is 239 g/mol. The second kappa shape index (κ2) is 5.98. The summed E-state index contributed by atoms with van der Waals surface area (Å²) < 4.78 is 26.4. The lowest BCUT2D eigenvalue weighted by Gasteiger charge is -2.15. The fourth-order valence-electron chi connectivity index (χ4n) is 1.45. The van der Waals surface area contributed by atoms with Gasteiger partial charge in [-0.15, -0.1) is 12.3 Å². The first-order valence-electron chi connectivity index (χ1n) is 5.36. The molecule has 0 heterocycles. The SMILES string of the molecule is C#CCCPc1cc(C(C)(F)F)ccc1NC. The van der Waals surface area contributed by atoms with Gasteiger partial charge in [-0.2, -0.15) is 0 Å². The van der Waals surface area contributed by atoms with Crippen molar-refractivity contribution in [1.82, 2.24) is 0 Å². The molecule has 1 N–H and O–H groups in total. The molecule has 0 fully saturated rings. The lowest BCUT2D eigenvalue weighted by atomic mass is 10.1. The smallest absolute Gasteiger partial charge is 0.270 e. The van der Waals surface area contributed by atoms with Crippen molar-refractivity contribution in [1.29, 1.82) is 0 Å². The first-order valence-corrected chi connectivity index (χ1v) is 6.57. The average molecular weight is 255 g/mol. The van der Waals surface area contributed by atoms with Crippen LogP contribution in [0.1, 0.15) is 18.9 Å². The zero-order valence-electron chi connectivity index (χ0n) is 9.98. The summed E-state index contributed by atoms with van der Waals surface area (Å²) in [6.07, 6.45) is 6.69. The van der Waals surface area contributed by atoms with E-state index < -0.39 is 5.92 Å². The second-order valence-electron chi connectivity index (χ2n) is 3.78. The Morgan fingerprint density at radius 1 is 1.47 bits per heavy atom. The Balaban J connectivity index is 2.95. The van der Waals surface area contributed by atoms with E-state index in [1.807, 2.05) is 0 Å². The van der Waals surface area contributed by atoms with Gasteiger partial charge in [0.1, 0.15) is 0 Å². The number of terminal acetylenes is 1. The summed E-state index contributed by atoms with van der Waals surface area (Å²) in [5, 5.41) is 3.93. The molecule has 0 aliphatic rings. The van der Waals surface area contributed by atoms with E-state index in [2.05, 4.69) is 11.2 Å². The van der Waals surface area contributed by atoms with Crippen LogP contribution in [-0.2, 0) is 5.92 Å². The highest BCUT2D eigenvalue weighted by Crippen LogP contribution is 2.29. The van der Waals surface area contributed by atoms with Gasteiger partial charge in [-0.3, -0.25) is 0 Å². The summed E-state index contributed by atoms with van der Waals surface area (Å²) in [7, 11) is 2.24. The van der Waals surface area contributed by atoms with Gasteiger partial charge in [-0.05, 0) is 23.6 Å². The van der Waals surface area contributed by atoms with Gasteiger partial charge in [0.05, 0.1) is 0 Å². The summed E-state index contributed by atoms with van der Waals surface area (Å²) >= 11 is 0. The van der Waals surface area contributed by atoms with Crippen molar-refractivity contribution in [3.8, 4) is 12.3 Å². The first kappa shape index (κ1) is 13.9. The van der Waals surface area contributed by atoms with Gasteiger partial charge < -0.3 is 5.32 Å². The molecule has 0 aliphatic heterocycles. The van der Waals surface area contributed by atoms with Crippen molar-refractivity contribution in [2.75, 3.05) is 18.5 Å². The summed E-state index contributed by atoms with van der Waals surface area (Å²) in [5.41, 5.74) is 0.952. The monoisotopic (exact) mass is 255 g/mol. The normalized spacial score (nSPS) is 11.7. The van der Waals surface area contributed by atoms with E-state index >= 15 is 0 Å². The number of halogens is 2. The van der Waals surface area contributed by atoms with Gasteiger partial charge in [-0.25, -0.2) is 8.78 Å². The molecule has 0 saturated heterocycles. The largest absolute Gasteiger partial charge is 0.388 e. The van der Waals surface area contributed by atoms with Crippen molar-refractivity contribution in [3.05, 3.63) is 23.8 Å². The Kier molecular flexibility index (Phi) is 4.90. The molecule has 1 aromatic rings. The van der Waals surface area contributed by atoms with Crippen LogP contribution in [0.2, 0.25) is 0 Å². The van der Waals surface area contributed by atoms with Crippen molar-refractivity contribution in [3.63, 3.8) is 0 Å². The van der Waals surface area contributed by atoms with Gasteiger partial charge in [0, 0.05) is 31.6 Å². The van der Waals surface area contributed by atoms with Gasteiger partial charge >= 0.3 is 0 Å². The number of benzene rings is 1. The van der Waals surface area contributed by atoms with Gasteiger partial charge in [0.25, 0.3) is 5.92 Å². The molecule has 0 amide bonds. The minimum Gasteiger partial charge on any atom is -0.388 e. The zero-order valence-corrected chi connectivity index (χ0v) is 11.0. The Bertz CT molecular complexity index is 418. The third kappa shape index (κ3) is 3.98. The van der Waals surface area contributed by atoms with Crippen molar-refractivity contribution < 1.29 is 8.78 Å². The summed E-state index contributed by atoms with van der Waals surface area (Å²) in [6.45, 7) is 0.912. The quantitative estimate of drug-likeness (QED) is 0.484. The summed E-state index contributed by atoms with van der Waals surface area (Å²) in [6, 6.07) is 4.73. The van der Waals surface area contributed by atoms with Crippen molar-refractivity contribution >= 4 is 19.6 Å². The number of hydrogen-bond donors (Lipinski definition) is 1. The topological polar surface area (TPSA) is 12.0 Å². The van der Waals surface area contributed by atoms with E-state index in [4.69, 9.17) is 6.42 Å². The highest BCUT2D eigenvalue weighted by molar-refractivity contribution is 7.47. The van der Waals surface area contributed by atoms with Crippen molar-refractivity contribution in [2.45, 2.75) is 19.3 Å². The van der Waals surface area contributed by atoms with Crippen LogP contribution in [0.4, 0.5) is 14.5 Å². The van der Waals surface area contributed by atoms with Crippen LogP contribution in [0.25, 0.3) is 0 Å². The third-order valence-electron chi connectivity index (χ3n) is 2.38. The first-order chi connectivity index (χ1) is 7.99. The molecule has 17 heavy (non-hydrogen) atoms. The maximum atomic E-state index is 13.2. The fraction of sp³-hybridized carbons (Fsp3) is 0.385. The predicted octanol–water partition coefficient (Wildman–Crippen LogP) is 3.17. The molecule has 1 aromatic carbocycles. The molecule has 0 radical (unpaired) electrons. The third-order valence-corrected chi connectivity index (χ3v) is 3.68. The minimum atomic E-state index is -2.79. The van der Waals surface area contributed by atoms with E-state index in [1.165, 1.54) is 6.07 Å². The fourth-order valence-corrected chi connectivity index (χ4v) is 2.65. The summed E-state index contributed by atoms with van der Waals surface area (Å²) in [5.74, 6) is -0.235. The predicted molar refractivity (Wildman–Crippen MR) is 71.8 cm³/mol. The van der Waals surface area contributed by atoms with E-state index in [9.17, 15) is 8.78 Å². The molecule has 4 heteroatoms. The number of alkyl halides is 2. The van der Waals surface area contributed by atoms with Gasteiger partial charge in [-0.1, -0.05) is 14.6 Å². The van der Waals surface area contributed by atoms with Crippen LogP contribution in [-0.4, -0.2) is 13.2 Å². The zero-order chi connectivity index (χ0) is 12.9. The van der Waals surface area contributed by atoms with E-state index in [1.54, 1.807) is 19.2 Å². The molecule has 92 valence electrons. The maximum Gasteiger partial charge on any atom is 0.270 e. The average Bonchev–Trinajstić information content (AvgIpc) is 2.28. The highest BCUT2D eigenvalue weighted by atomic mass is 31.1. The Labute approximate surface area is 103 Å². The molecule has 0 aromatic heterocycles. The molecule has 1 atom stereocenters. The number of anilines is 1. The Morgan fingerprint density at radius 3 is 2.71 bits per heavy atom. The summed E-state index contributed by atoms with van der Waals surface area (Å²) in [4.78, 5) is 0. The second-order valence-corrected chi connectivity index (χ2v) is 5.17. The van der Waals surface area contributed by atoms with Gasteiger partial charge in [0.2, 0.25) is 0 Å². The maximum absolute atomic E-state index is 13.2. The molecule has 1 nitrogen and oxygen atoms in total. The van der Waals surface area contributed by atoms with Crippen LogP contribution >= 0.6 is 8.58 Å². The molecule has 1 unspecified atom stereocenters. The van der Waals surface area contributed by atoms with Crippen LogP contribution in [0.5, 0.6) is 0 Å². The number of hydrogen-bond acceptors (Lipinski definition) is 1. The minimum absolute atomic E-state index is 0.0553. The lowest BCUT2D eigenvalue weighted by molar-refractivity contribution is 0.0176. The van der Waals surface area contributed by atoms with Crippen LogP contribution in [0.15, 0.2) is 18.2 Å². The number of nitrogens with one attached hydrogen (secondary N) is 1.